The molecule has 0 bridgehead atoms. The predicted octanol–water partition coefficient (Wildman–Crippen LogP) is 2.18. The number of fused-ring (bicyclic) bond motifs is 1. The number of hydrogen-bond donors (Lipinski definition) is 1. The van der Waals surface area contributed by atoms with Crippen molar-refractivity contribution in [2.24, 2.45) is 7.05 Å². The minimum absolute atomic E-state index is 0.315. The lowest BCUT2D eigenvalue weighted by atomic mass is 10.2. The van der Waals surface area contributed by atoms with Gasteiger partial charge in [0.1, 0.15) is 0 Å². The topological polar surface area (TPSA) is 52.0 Å². The lowest BCUT2D eigenvalue weighted by Gasteiger charge is -2.08. The van der Waals surface area contributed by atoms with Gasteiger partial charge in [-0.1, -0.05) is 0 Å². The molecule has 0 amide bonds. The van der Waals surface area contributed by atoms with Crippen molar-refractivity contribution >= 4 is 11.0 Å². The molecular weight excluding hydrogens is 252 g/mol. The number of nitrogens with one attached hydrogen (secondary N) is 1. The quantitative estimate of drug-likeness (QED) is 0.788. The van der Waals surface area contributed by atoms with Crippen LogP contribution in [0.1, 0.15) is 31.5 Å². The number of hydrogen-bond acceptors (Lipinski definition) is 4. The van der Waals surface area contributed by atoms with Crippen LogP contribution in [0.2, 0.25) is 0 Å². The van der Waals surface area contributed by atoms with Crippen molar-refractivity contribution in [1.82, 2.24) is 20.1 Å². The lowest BCUT2D eigenvalue weighted by molar-refractivity contribution is 0.0770. The van der Waals surface area contributed by atoms with E-state index in [-0.39, 0.29) is 0 Å². The van der Waals surface area contributed by atoms with Crippen LogP contribution in [-0.2, 0) is 18.3 Å². The first kappa shape index (κ1) is 14.9. The Morgan fingerprint density at radius 1 is 1.40 bits per heavy atom. The van der Waals surface area contributed by atoms with E-state index in [0.29, 0.717) is 6.10 Å². The van der Waals surface area contributed by atoms with Gasteiger partial charge in [-0.25, -0.2) is 4.98 Å². The molecule has 110 valence electrons. The molecule has 0 aliphatic rings. The maximum Gasteiger partial charge on any atom is 0.157 e. The van der Waals surface area contributed by atoms with E-state index in [9.17, 15) is 0 Å². The highest BCUT2D eigenvalue weighted by molar-refractivity contribution is 5.78. The summed E-state index contributed by atoms with van der Waals surface area (Å²) in [4.78, 5) is 4.48. The molecule has 0 saturated heterocycles. The van der Waals surface area contributed by atoms with Crippen LogP contribution in [0.5, 0.6) is 0 Å². The van der Waals surface area contributed by atoms with Crippen LogP contribution in [0.3, 0.4) is 0 Å². The van der Waals surface area contributed by atoms with Gasteiger partial charge < -0.3 is 10.1 Å². The van der Waals surface area contributed by atoms with E-state index in [1.54, 1.807) is 0 Å². The average molecular weight is 276 g/mol. The second-order valence-electron chi connectivity index (χ2n) is 5.37. The van der Waals surface area contributed by atoms with Crippen molar-refractivity contribution in [3.63, 3.8) is 0 Å². The molecule has 5 nitrogen and oxygen atoms in total. The average Bonchev–Trinajstić information content (AvgIpc) is 2.69. The second-order valence-corrected chi connectivity index (χ2v) is 5.37. The van der Waals surface area contributed by atoms with Gasteiger partial charge >= 0.3 is 0 Å². The third kappa shape index (κ3) is 3.77. The molecule has 0 spiro atoms. The van der Waals surface area contributed by atoms with Gasteiger partial charge in [0.25, 0.3) is 0 Å². The van der Waals surface area contributed by atoms with E-state index in [0.717, 1.165) is 42.8 Å². The predicted molar refractivity (Wildman–Crippen MR) is 80.7 cm³/mol. The number of aryl methyl sites for hydroxylation is 2. The van der Waals surface area contributed by atoms with Crippen molar-refractivity contribution in [3.05, 3.63) is 23.5 Å². The molecule has 0 aromatic carbocycles. The first-order valence-corrected chi connectivity index (χ1v) is 7.18. The summed E-state index contributed by atoms with van der Waals surface area (Å²) in [6.45, 7) is 8.74. The fourth-order valence-electron chi connectivity index (χ4n) is 2.20. The summed E-state index contributed by atoms with van der Waals surface area (Å²) in [7, 11) is 1.93. The number of nitrogens with zero attached hydrogens (tertiary/aromatic N) is 3. The molecule has 2 rings (SSSR count). The van der Waals surface area contributed by atoms with Gasteiger partial charge in [-0.3, -0.25) is 4.68 Å². The number of pyridine rings is 1. The number of aromatic nitrogens is 3. The summed E-state index contributed by atoms with van der Waals surface area (Å²) in [6.07, 6.45) is 3.26. The standard InChI is InChI=1S/C15H24N4O/c1-11(2)20-7-5-6-16-9-13-8-14-12(3)18-19(4)15(14)17-10-13/h8,10-11,16H,5-7,9H2,1-4H3. The molecule has 2 heterocycles. The molecule has 0 saturated carbocycles. The Morgan fingerprint density at radius 2 is 2.20 bits per heavy atom. The minimum atomic E-state index is 0.315. The van der Waals surface area contributed by atoms with Crippen molar-refractivity contribution in [2.75, 3.05) is 13.2 Å². The Labute approximate surface area is 120 Å². The van der Waals surface area contributed by atoms with Crippen LogP contribution < -0.4 is 5.32 Å². The first-order valence-electron chi connectivity index (χ1n) is 7.18. The highest BCUT2D eigenvalue weighted by Crippen LogP contribution is 2.16. The molecule has 0 unspecified atom stereocenters. The van der Waals surface area contributed by atoms with Crippen LogP contribution in [-0.4, -0.2) is 34.0 Å². The zero-order valence-electron chi connectivity index (χ0n) is 12.8. The normalized spacial score (nSPS) is 11.7. The highest BCUT2D eigenvalue weighted by Gasteiger charge is 2.06. The monoisotopic (exact) mass is 276 g/mol. The summed E-state index contributed by atoms with van der Waals surface area (Å²) in [5, 5.41) is 8.94. The third-order valence-corrected chi connectivity index (χ3v) is 3.20. The van der Waals surface area contributed by atoms with Crippen LogP contribution in [0.4, 0.5) is 0 Å². The van der Waals surface area contributed by atoms with E-state index in [1.807, 2.05) is 24.9 Å². The van der Waals surface area contributed by atoms with E-state index in [1.165, 1.54) is 5.56 Å². The summed E-state index contributed by atoms with van der Waals surface area (Å²) in [5.41, 5.74) is 3.16. The van der Waals surface area contributed by atoms with Gasteiger partial charge in [-0.15, -0.1) is 0 Å². The van der Waals surface area contributed by atoms with Crippen molar-refractivity contribution < 1.29 is 4.74 Å². The molecule has 0 aliphatic carbocycles. The molecule has 2 aromatic heterocycles. The summed E-state index contributed by atoms with van der Waals surface area (Å²) in [6, 6.07) is 2.17. The van der Waals surface area contributed by atoms with Crippen LogP contribution in [0, 0.1) is 6.92 Å². The minimum Gasteiger partial charge on any atom is -0.379 e. The fraction of sp³-hybridized carbons (Fsp3) is 0.600. The van der Waals surface area contributed by atoms with Gasteiger partial charge in [-0.05, 0) is 45.4 Å². The Balaban J connectivity index is 1.83. The molecule has 0 fully saturated rings. The molecule has 0 atom stereocenters. The summed E-state index contributed by atoms with van der Waals surface area (Å²) >= 11 is 0. The van der Waals surface area contributed by atoms with Crippen molar-refractivity contribution in [3.8, 4) is 0 Å². The van der Waals surface area contributed by atoms with E-state index in [2.05, 4.69) is 35.3 Å². The lowest BCUT2D eigenvalue weighted by Crippen LogP contribution is -2.17. The van der Waals surface area contributed by atoms with Gasteiger partial charge in [0.15, 0.2) is 5.65 Å². The molecule has 5 heteroatoms. The van der Waals surface area contributed by atoms with Crippen LogP contribution in [0.15, 0.2) is 12.3 Å². The Morgan fingerprint density at radius 3 is 2.95 bits per heavy atom. The third-order valence-electron chi connectivity index (χ3n) is 3.20. The summed E-state index contributed by atoms with van der Waals surface area (Å²) < 4.78 is 7.33. The molecule has 0 radical (unpaired) electrons. The number of ether oxygens (including phenoxy) is 1. The van der Waals surface area contributed by atoms with E-state index >= 15 is 0 Å². The number of rotatable bonds is 7. The smallest absolute Gasteiger partial charge is 0.157 e. The van der Waals surface area contributed by atoms with Crippen molar-refractivity contribution in [1.29, 1.82) is 0 Å². The Bertz CT molecular complexity index is 562. The Hall–Kier alpha value is -1.46. The molecular formula is C15H24N4O. The second kappa shape index (κ2) is 6.81. The fourth-order valence-corrected chi connectivity index (χ4v) is 2.20. The van der Waals surface area contributed by atoms with Crippen molar-refractivity contribution in [2.45, 2.75) is 39.8 Å². The maximum atomic E-state index is 5.51. The van der Waals surface area contributed by atoms with E-state index in [4.69, 9.17) is 4.74 Å². The first-order chi connectivity index (χ1) is 9.58. The van der Waals surface area contributed by atoms with Gasteiger partial charge in [0.2, 0.25) is 0 Å². The Kier molecular flexibility index (Phi) is 5.09. The zero-order valence-corrected chi connectivity index (χ0v) is 12.8. The largest absolute Gasteiger partial charge is 0.379 e. The van der Waals surface area contributed by atoms with Crippen LogP contribution >= 0.6 is 0 Å². The maximum absolute atomic E-state index is 5.51. The molecule has 0 aliphatic heterocycles. The SMILES string of the molecule is Cc1nn(C)c2ncc(CNCCCOC(C)C)cc12. The molecule has 1 N–H and O–H groups in total. The van der Waals surface area contributed by atoms with Gasteiger partial charge in [0.05, 0.1) is 11.8 Å². The van der Waals surface area contributed by atoms with Crippen LogP contribution in [0.25, 0.3) is 11.0 Å². The van der Waals surface area contributed by atoms with E-state index < -0.39 is 0 Å². The van der Waals surface area contributed by atoms with Gasteiger partial charge in [0, 0.05) is 31.8 Å². The highest BCUT2D eigenvalue weighted by atomic mass is 16.5. The molecule has 2 aromatic rings. The summed E-state index contributed by atoms with van der Waals surface area (Å²) in [5.74, 6) is 0. The zero-order chi connectivity index (χ0) is 14.5. The molecule has 20 heavy (non-hydrogen) atoms. The van der Waals surface area contributed by atoms with Gasteiger partial charge in [-0.2, -0.15) is 5.10 Å².